The molecule has 0 radical (unpaired) electrons. The van der Waals surface area contributed by atoms with Gasteiger partial charge < -0.3 is 49.6 Å². The molecule has 10 nitrogen and oxygen atoms in total. The maximum Gasteiger partial charge on any atom is 0.187 e. The van der Waals surface area contributed by atoms with Crippen LogP contribution in [0.15, 0.2) is 30.3 Å². The van der Waals surface area contributed by atoms with Crippen molar-refractivity contribution in [3.63, 3.8) is 0 Å². The van der Waals surface area contributed by atoms with Crippen molar-refractivity contribution in [3.05, 3.63) is 35.9 Å². The Kier molecular flexibility index (Phi) is 7.34. The van der Waals surface area contributed by atoms with Crippen LogP contribution in [0.25, 0.3) is 0 Å². The zero-order valence-corrected chi connectivity index (χ0v) is 15.0. The second kappa shape index (κ2) is 9.55. The van der Waals surface area contributed by atoms with E-state index in [4.69, 9.17) is 18.9 Å². The summed E-state index contributed by atoms with van der Waals surface area (Å²) in [7, 11) is 0. The van der Waals surface area contributed by atoms with E-state index in [9.17, 15) is 30.6 Å². The maximum absolute atomic E-state index is 10.1. The van der Waals surface area contributed by atoms with Gasteiger partial charge >= 0.3 is 0 Å². The molecule has 0 bridgehead atoms. The molecule has 2 heterocycles. The fourth-order valence-electron chi connectivity index (χ4n) is 3.06. The van der Waals surface area contributed by atoms with Gasteiger partial charge in [-0.15, -0.1) is 0 Å². The van der Waals surface area contributed by atoms with E-state index in [1.165, 1.54) is 0 Å². The van der Waals surface area contributed by atoms with Crippen molar-refractivity contribution in [1.82, 2.24) is 0 Å². The highest BCUT2D eigenvalue weighted by Gasteiger charge is 2.45. The van der Waals surface area contributed by atoms with Crippen molar-refractivity contribution < 1.29 is 49.6 Å². The summed E-state index contributed by atoms with van der Waals surface area (Å²) in [6, 6.07) is 9.14. The van der Waals surface area contributed by atoms with Gasteiger partial charge in [0.1, 0.15) is 42.7 Å². The number of ether oxygens (including phenoxy) is 4. The van der Waals surface area contributed by atoms with Crippen molar-refractivity contribution >= 4 is 0 Å². The lowest BCUT2D eigenvalue weighted by Gasteiger charge is -2.41. The van der Waals surface area contributed by atoms with Crippen molar-refractivity contribution in [2.75, 3.05) is 13.2 Å². The minimum absolute atomic E-state index is 0.119. The summed E-state index contributed by atoms with van der Waals surface area (Å²) >= 11 is 0. The molecule has 2 saturated heterocycles. The molecule has 9 atom stereocenters. The molecule has 10 heteroatoms. The maximum atomic E-state index is 10.1. The predicted molar refractivity (Wildman–Crippen MR) is 91.6 cm³/mol. The molecule has 1 aromatic rings. The van der Waals surface area contributed by atoms with Crippen LogP contribution in [0, 0.1) is 0 Å². The van der Waals surface area contributed by atoms with Gasteiger partial charge in [-0.25, -0.2) is 0 Å². The summed E-state index contributed by atoms with van der Waals surface area (Å²) in [6.07, 6.45) is -12.2. The van der Waals surface area contributed by atoms with E-state index in [0.29, 0.717) is 0 Å². The third-order valence-corrected chi connectivity index (χ3v) is 4.80. The lowest BCUT2D eigenvalue weighted by Crippen LogP contribution is -2.60. The molecular weight excluding hydrogens is 376 g/mol. The molecule has 2 aliphatic rings. The second-order valence-electron chi connectivity index (χ2n) is 6.89. The molecule has 0 saturated carbocycles. The summed E-state index contributed by atoms with van der Waals surface area (Å²) in [5, 5.41) is 59.3. The molecule has 2 aliphatic heterocycles. The minimum Gasteiger partial charge on any atom is -0.388 e. The molecule has 0 spiro atoms. The zero-order chi connectivity index (χ0) is 20.3. The molecule has 158 valence electrons. The molecule has 3 rings (SSSR count). The zero-order valence-electron chi connectivity index (χ0n) is 15.0. The molecular formula is C18H26O10. The number of aliphatic hydroxyl groups excluding tert-OH is 6. The largest absolute Gasteiger partial charge is 0.388 e. The first kappa shape index (κ1) is 21.5. The van der Waals surface area contributed by atoms with Crippen molar-refractivity contribution in [2.45, 2.75) is 61.9 Å². The average molecular weight is 402 g/mol. The Labute approximate surface area is 161 Å². The van der Waals surface area contributed by atoms with Gasteiger partial charge in [0.2, 0.25) is 0 Å². The number of benzene rings is 1. The van der Waals surface area contributed by atoms with Crippen LogP contribution in [0.4, 0.5) is 0 Å². The highest BCUT2D eigenvalue weighted by Crippen LogP contribution is 2.25. The van der Waals surface area contributed by atoms with E-state index < -0.39 is 55.3 Å². The fraction of sp³-hybridized carbons (Fsp3) is 0.667. The minimum atomic E-state index is -1.53. The third kappa shape index (κ3) is 4.86. The van der Waals surface area contributed by atoms with E-state index >= 15 is 0 Å². The Balaban J connectivity index is 1.56. The summed E-state index contributed by atoms with van der Waals surface area (Å²) in [5.74, 6) is 0. The van der Waals surface area contributed by atoms with Crippen LogP contribution in [-0.2, 0) is 25.6 Å². The summed E-state index contributed by atoms with van der Waals surface area (Å²) < 4.78 is 21.5. The molecule has 0 amide bonds. The first-order valence-electron chi connectivity index (χ1n) is 9.01. The normalized spacial score (nSPS) is 41.7. The summed E-state index contributed by atoms with van der Waals surface area (Å²) in [6.45, 7) is -0.435. The summed E-state index contributed by atoms with van der Waals surface area (Å²) in [5.41, 5.74) is 0.831. The first-order valence-corrected chi connectivity index (χ1v) is 9.01. The van der Waals surface area contributed by atoms with E-state index in [1.54, 1.807) is 0 Å². The topological polar surface area (TPSA) is 158 Å². The standard InChI is InChI=1S/C18H26O10/c19-10-7-26-17(15(23)12(10)20)27-8-11-13(21)14(22)16(24)18(28-11)25-6-9-4-2-1-3-5-9/h1-5,10-24H,6-8H2/t10-,11+,12-,13-,14-,15-,16-,17+,18-/m1/s1. The lowest BCUT2D eigenvalue weighted by atomic mass is 9.99. The SMILES string of the molecule is O[C@H]1[C@@H](O)[C@H](OCc2ccccc2)O[C@@H](CO[C@@H]2OC[C@@H](O)[C@@H](O)[C@H]2O)[C@H]1O. The molecule has 0 unspecified atom stereocenters. The molecule has 28 heavy (non-hydrogen) atoms. The van der Waals surface area contributed by atoms with Crippen LogP contribution in [0.5, 0.6) is 0 Å². The van der Waals surface area contributed by atoms with Crippen LogP contribution in [-0.4, -0.2) is 99.2 Å². The fourth-order valence-corrected chi connectivity index (χ4v) is 3.06. The molecule has 6 N–H and O–H groups in total. The average Bonchev–Trinajstić information content (AvgIpc) is 2.71. The molecule has 0 aliphatic carbocycles. The van der Waals surface area contributed by atoms with Gasteiger partial charge in [-0.05, 0) is 5.56 Å². The number of hydrogen-bond donors (Lipinski definition) is 6. The van der Waals surface area contributed by atoms with Gasteiger partial charge in [0, 0.05) is 0 Å². The van der Waals surface area contributed by atoms with E-state index in [0.717, 1.165) is 5.56 Å². The highest BCUT2D eigenvalue weighted by molar-refractivity contribution is 5.13. The quantitative estimate of drug-likeness (QED) is 0.300. The van der Waals surface area contributed by atoms with Gasteiger partial charge in [0.15, 0.2) is 12.6 Å². The van der Waals surface area contributed by atoms with Gasteiger partial charge in [-0.2, -0.15) is 0 Å². The van der Waals surface area contributed by atoms with Crippen molar-refractivity contribution in [3.8, 4) is 0 Å². The molecule has 2 fully saturated rings. The van der Waals surface area contributed by atoms with E-state index in [2.05, 4.69) is 0 Å². The van der Waals surface area contributed by atoms with Crippen LogP contribution < -0.4 is 0 Å². The second-order valence-corrected chi connectivity index (χ2v) is 6.89. The highest BCUT2D eigenvalue weighted by atomic mass is 16.7. The Morgan fingerprint density at radius 3 is 2.18 bits per heavy atom. The lowest BCUT2D eigenvalue weighted by molar-refractivity contribution is -0.322. The van der Waals surface area contributed by atoms with Crippen LogP contribution in [0.1, 0.15) is 5.56 Å². The smallest absolute Gasteiger partial charge is 0.187 e. The summed E-state index contributed by atoms with van der Waals surface area (Å²) in [4.78, 5) is 0. The van der Waals surface area contributed by atoms with Crippen LogP contribution in [0.3, 0.4) is 0 Å². The van der Waals surface area contributed by atoms with Gasteiger partial charge in [0.25, 0.3) is 0 Å². The Hall–Kier alpha value is -1.18. The third-order valence-electron chi connectivity index (χ3n) is 4.80. The number of hydrogen-bond acceptors (Lipinski definition) is 10. The van der Waals surface area contributed by atoms with E-state index in [-0.39, 0.29) is 19.8 Å². The van der Waals surface area contributed by atoms with Gasteiger partial charge in [0.05, 0.1) is 19.8 Å². The Morgan fingerprint density at radius 2 is 1.46 bits per heavy atom. The predicted octanol–water partition coefficient (Wildman–Crippen LogP) is -2.53. The Bertz CT molecular complexity index is 601. The molecule has 1 aromatic carbocycles. The van der Waals surface area contributed by atoms with Crippen LogP contribution >= 0.6 is 0 Å². The molecule has 0 aromatic heterocycles. The van der Waals surface area contributed by atoms with Crippen molar-refractivity contribution in [1.29, 1.82) is 0 Å². The number of aliphatic hydroxyl groups is 6. The van der Waals surface area contributed by atoms with Crippen LogP contribution in [0.2, 0.25) is 0 Å². The van der Waals surface area contributed by atoms with Gasteiger partial charge in [-0.3, -0.25) is 0 Å². The van der Waals surface area contributed by atoms with Gasteiger partial charge in [-0.1, -0.05) is 30.3 Å². The van der Waals surface area contributed by atoms with E-state index in [1.807, 2.05) is 30.3 Å². The first-order chi connectivity index (χ1) is 13.4. The number of rotatable bonds is 6. The van der Waals surface area contributed by atoms with Crippen molar-refractivity contribution in [2.24, 2.45) is 0 Å². The monoisotopic (exact) mass is 402 g/mol. The Morgan fingerprint density at radius 1 is 0.786 bits per heavy atom.